The Balaban J connectivity index is 1.69. The van der Waals surface area contributed by atoms with E-state index in [0.717, 1.165) is 17.7 Å². The highest BCUT2D eigenvalue weighted by Gasteiger charge is 2.42. The van der Waals surface area contributed by atoms with Crippen LogP contribution in [0.15, 0.2) is 30.3 Å². The summed E-state index contributed by atoms with van der Waals surface area (Å²) in [6, 6.07) is 6.50. The predicted molar refractivity (Wildman–Crippen MR) is 77.2 cm³/mol. The summed E-state index contributed by atoms with van der Waals surface area (Å²) >= 11 is 0. The summed E-state index contributed by atoms with van der Waals surface area (Å²) in [5.74, 6) is -1.16. The molecule has 116 valence electrons. The molecular weight excluding hydrogens is 286 g/mol. The predicted octanol–water partition coefficient (Wildman–Crippen LogP) is 1.42. The van der Waals surface area contributed by atoms with Gasteiger partial charge in [-0.05, 0) is 18.4 Å². The molecule has 1 aromatic rings. The maximum atomic E-state index is 12.2. The number of hydrogen-bond donors (Lipinski definition) is 2. The lowest BCUT2D eigenvalue weighted by molar-refractivity contribution is -0.139. The van der Waals surface area contributed by atoms with E-state index in [1.165, 1.54) is 0 Å². The molecule has 4 amide bonds. The summed E-state index contributed by atoms with van der Waals surface area (Å²) in [5, 5.41) is 11.7. The first-order chi connectivity index (χ1) is 10.6. The van der Waals surface area contributed by atoms with Gasteiger partial charge in [0.05, 0.1) is 0 Å². The third-order valence-electron chi connectivity index (χ3n) is 3.92. The average molecular weight is 303 g/mol. The number of nitrogens with zero attached hydrogens (tertiary/aromatic N) is 2. The highest BCUT2D eigenvalue weighted by atomic mass is 16.4. The van der Waals surface area contributed by atoms with Gasteiger partial charge in [0.2, 0.25) is 0 Å². The van der Waals surface area contributed by atoms with Gasteiger partial charge in [-0.15, -0.1) is 0 Å². The van der Waals surface area contributed by atoms with Crippen LogP contribution in [0.2, 0.25) is 0 Å². The number of urea groups is 2. The maximum absolute atomic E-state index is 12.2. The van der Waals surface area contributed by atoms with Crippen molar-refractivity contribution < 1.29 is 19.5 Å². The second kappa shape index (κ2) is 5.67. The minimum atomic E-state index is -1.17. The molecule has 1 aliphatic carbocycles. The standard InChI is InChI=1S/C15H17N3O4/c19-13(20)12(10-4-2-1-3-5-10)16-14(21)18-9-8-17(15(18)22)11-6-7-11/h1-5,11-12H,6-9H2,(H,16,21)(H,19,20). The van der Waals surface area contributed by atoms with Gasteiger partial charge in [0.25, 0.3) is 0 Å². The fourth-order valence-corrected chi connectivity index (χ4v) is 2.60. The molecule has 2 aliphatic rings. The molecule has 1 heterocycles. The Kier molecular flexibility index (Phi) is 3.70. The second-order valence-corrected chi connectivity index (χ2v) is 5.49. The zero-order valence-corrected chi connectivity index (χ0v) is 11.9. The summed E-state index contributed by atoms with van der Waals surface area (Å²) in [7, 11) is 0. The van der Waals surface area contributed by atoms with E-state index in [1.54, 1.807) is 35.2 Å². The first kappa shape index (κ1) is 14.4. The van der Waals surface area contributed by atoms with Gasteiger partial charge in [0, 0.05) is 19.1 Å². The zero-order chi connectivity index (χ0) is 15.7. The Morgan fingerprint density at radius 1 is 1.18 bits per heavy atom. The van der Waals surface area contributed by atoms with Crippen LogP contribution in [0.1, 0.15) is 24.4 Å². The molecule has 7 nitrogen and oxygen atoms in total. The summed E-state index contributed by atoms with van der Waals surface area (Å²) in [6.45, 7) is 0.808. The molecular formula is C15H17N3O4. The molecule has 1 aliphatic heterocycles. The number of imide groups is 1. The first-order valence-electron chi connectivity index (χ1n) is 7.24. The van der Waals surface area contributed by atoms with Gasteiger partial charge in [-0.2, -0.15) is 0 Å². The lowest BCUT2D eigenvalue weighted by Crippen LogP contribution is -2.45. The largest absolute Gasteiger partial charge is 0.479 e. The van der Waals surface area contributed by atoms with Crippen molar-refractivity contribution in [2.24, 2.45) is 0 Å². The number of hydrogen-bond acceptors (Lipinski definition) is 3. The minimum Gasteiger partial charge on any atom is -0.479 e. The van der Waals surface area contributed by atoms with Crippen LogP contribution >= 0.6 is 0 Å². The van der Waals surface area contributed by atoms with Crippen molar-refractivity contribution >= 4 is 18.0 Å². The summed E-state index contributed by atoms with van der Waals surface area (Å²) in [5.41, 5.74) is 0.467. The highest BCUT2D eigenvalue weighted by Crippen LogP contribution is 2.30. The smallest absolute Gasteiger partial charge is 0.330 e. The monoisotopic (exact) mass is 303 g/mol. The second-order valence-electron chi connectivity index (χ2n) is 5.49. The lowest BCUT2D eigenvalue weighted by atomic mass is 10.1. The number of rotatable bonds is 4. The quantitative estimate of drug-likeness (QED) is 0.880. The van der Waals surface area contributed by atoms with Crippen molar-refractivity contribution in [2.45, 2.75) is 24.9 Å². The number of nitrogens with one attached hydrogen (secondary N) is 1. The molecule has 0 spiro atoms. The SMILES string of the molecule is O=C(O)C(NC(=O)N1CCN(C2CC2)C1=O)c1ccccc1. The molecule has 1 unspecified atom stereocenters. The number of aliphatic carboxylic acids is 1. The van der Waals surface area contributed by atoms with Crippen molar-refractivity contribution in [1.82, 2.24) is 15.1 Å². The van der Waals surface area contributed by atoms with Gasteiger partial charge in [-0.1, -0.05) is 30.3 Å². The summed E-state index contributed by atoms with van der Waals surface area (Å²) in [6.07, 6.45) is 1.95. The molecule has 7 heteroatoms. The Morgan fingerprint density at radius 2 is 1.86 bits per heavy atom. The van der Waals surface area contributed by atoms with Gasteiger partial charge in [-0.3, -0.25) is 0 Å². The number of carbonyl (C=O) groups is 3. The molecule has 0 bridgehead atoms. The number of carboxylic acid groups (broad SMARTS) is 1. The van der Waals surface area contributed by atoms with E-state index in [1.807, 2.05) is 0 Å². The number of amides is 4. The molecule has 2 N–H and O–H groups in total. The van der Waals surface area contributed by atoms with Crippen LogP contribution in [0.5, 0.6) is 0 Å². The third-order valence-corrected chi connectivity index (χ3v) is 3.92. The molecule has 0 radical (unpaired) electrons. The fraction of sp³-hybridized carbons (Fsp3) is 0.400. The Bertz CT molecular complexity index is 600. The fourth-order valence-electron chi connectivity index (χ4n) is 2.60. The third kappa shape index (κ3) is 2.74. The Labute approximate surface area is 127 Å². The van der Waals surface area contributed by atoms with Gasteiger partial charge in [0.15, 0.2) is 6.04 Å². The molecule has 1 atom stereocenters. The molecule has 1 aromatic carbocycles. The summed E-state index contributed by atoms with van der Waals surface area (Å²) < 4.78 is 0. The lowest BCUT2D eigenvalue weighted by Gasteiger charge is -2.20. The first-order valence-corrected chi connectivity index (χ1v) is 7.24. The van der Waals surface area contributed by atoms with Gasteiger partial charge in [0.1, 0.15) is 0 Å². The van der Waals surface area contributed by atoms with Gasteiger partial charge >= 0.3 is 18.0 Å². The van der Waals surface area contributed by atoms with Crippen molar-refractivity contribution in [1.29, 1.82) is 0 Å². The van der Waals surface area contributed by atoms with E-state index < -0.39 is 18.0 Å². The van der Waals surface area contributed by atoms with Crippen molar-refractivity contribution in [3.8, 4) is 0 Å². The number of benzene rings is 1. The number of carboxylic acids is 1. The normalized spacial score (nSPS) is 19.2. The highest BCUT2D eigenvalue weighted by molar-refractivity contribution is 5.96. The van der Waals surface area contributed by atoms with Gasteiger partial charge < -0.3 is 15.3 Å². The van der Waals surface area contributed by atoms with Crippen LogP contribution in [0, 0.1) is 0 Å². The van der Waals surface area contributed by atoms with E-state index in [-0.39, 0.29) is 12.1 Å². The maximum Gasteiger partial charge on any atom is 0.330 e. The van der Waals surface area contributed by atoms with E-state index in [2.05, 4.69) is 5.32 Å². The molecule has 2 fully saturated rings. The molecule has 1 saturated heterocycles. The van der Waals surface area contributed by atoms with Crippen LogP contribution in [0.3, 0.4) is 0 Å². The zero-order valence-electron chi connectivity index (χ0n) is 11.9. The summed E-state index contributed by atoms with van der Waals surface area (Å²) in [4.78, 5) is 38.5. The van der Waals surface area contributed by atoms with Crippen LogP contribution < -0.4 is 5.32 Å². The van der Waals surface area contributed by atoms with Crippen LogP contribution in [0.4, 0.5) is 9.59 Å². The van der Waals surface area contributed by atoms with Crippen molar-refractivity contribution in [3.63, 3.8) is 0 Å². The van der Waals surface area contributed by atoms with Crippen molar-refractivity contribution in [3.05, 3.63) is 35.9 Å². The average Bonchev–Trinajstić information content (AvgIpc) is 3.28. The molecule has 3 rings (SSSR count). The van der Waals surface area contributed by atoms with Crippen LogP contribution in [0.25, 0.3) is 0 Å². The Morgan fingerprint density at radius 3 is 2.45 bits per heavy atom. The Hall–Kier alpha value is -2.57. The van der Waals surface area contributed by atoms with E-state index in [4.69, 9.17) is 0 Å². The molecule has 1 saturated carbocycles. The topological polar surface area (TPSA) is 89.9 Å². The van der Waals surface area contributed by atoms with Crippen LogP contribution in [-0.4, -0.2) is 52.1 Å². The molecule has 22 heavy (non-hydrogen) atoms. The van der Waals surface area contributed by atoms with Crippen molar-refractivity contribution in [2.75, 3.05) is 13.1 Å². The van der Waals surface area contributed by atoms with Crippen LogP contribution in [-0.2, 0) is 4.79 Å². The van der Waals surface area contributed by atoms with E-state index in [0.29, 0.717) is 18.7 Å². The van der Waals surface area contributed by atoms with Gasteiger partial charge in [-0.25, -0.2) is 19.3 Å². The minimum absolute atomic E-state index is 0.245. The van der Waals surface area contributed by atoms with E-state index in [9.17, 15) is 19.5 Å². The molecule has 0 aromatic heterocycles. The van der Waals surface area contributed by atoms with E-state index >= 15 is 0 Å². The number of carbonyl (C=O) groups excluding carboxylic acids is 2.